The van der Waals surface area contributed by atoms with E-state index < -0.39 is 17.0 Å². The molecular formula is C13H13ClN2O5. The van der Waals surface area contributed by atoms with Crippen molar-refractivity contribution in [3.63, 3.8) is 0 Å². The van der Waals surface area contributed by atoms with Gasteiger partial charge in [-0.3, -0.25) is 14.9 Å². The minimum atomic E-state index is -0.965. The Bertz CT molecular complexity index is 600. The van der Waals surface area contributed by atoms with Crippen molar-refractivity contribution in [2.45, 2.75) is 31.9 Å². The zero-order valence-corrected chi connectivity index (χ0v) is 11.9. The van der Waals surface area contributed by atoms with Crippen molar-refractivity contribution in [1.29, 1.82) is 0 Å². The molecule has 1 aliphatic carbocycles. The van der Waals surface area contributed by atoms with Crippen molar-refractivity contribution in [3.8, 4) is 0 Å². The van der Waals surface area contributed by atoms with Crippen molar-refractivity contribution >= 4 is 29.2 Å². The van der Waals surface area contributed by atoms with Crippen LogP contribution < -0.4 is 5.32 Å². The molecular weight excluding hydrogens is 300 g/mol. The fraction of sp³-hybridized carbons (Fsp3) is 0.385. The van der Waals surface area contributed by atoms with E-state index in [0.717, 1.165) is 18.9 Å². The second kappa shape index (κ2) is 6.09. The molecule has 0 radical (unpaired) electrons. The van der Waals surface area contributed by atoms with Gasteiger partial charge in [0.2, 0.25) is 0 Å². The summed E-state index contributed by atoms with van der Waals surface area (Å²) in [5.41, 5.74) is -0.418. The SMILES string of the molecule is C[C@H](OC(=O)c1ccc(Cl)c([N+](=O)[O-])c1)C(=O)NC1CC1. The summed E-state index contributed by atoms with van der Waals surface area (Å²) in [6.07, 6.45) is 0.888. The molecule has 21 heavy (non-hydrogen) atoms. The Morgan fingerprint density at radius 2 is 2.14 bits per heavy atom. The second-order valence-electron chi connectivity index (χ2n) is 4.75. The van der Waals surface area contributed by atoms with Crippen molar-refractivity contribution < 1.29 is 19.2 Å². The predicted molar refractivity (Wildman–Crippen MR) is 74.1 cm³/mol. The second-order valence-corrected chi connectivity index (χ2v) is 5.16. The van der Waals surface area contributed by atoms with Gasteiger partial charge >= 0.3 is 5.97 Å². The molecule has 1 atom stereocenters. The highest BCUT2D eigenvalue weighted by Gasteiger charge is 2.27. The van der Waals surface area contributed by atoms with E-state index in [0.29, 0.717) is 0 Å². The molecule has 0 aliphatic heterocycles. The van der Waals surface area contributed by atoms with E-state index in [1.165, 1.54) is 19.1 Å². The predicted octanol–water partition coefficient (Wildman–Crippen LogP) is 2.07. The van der Waals surface area contributed by atoms with Crippen LogP contribution in [-0.4, -0.2) is 28.9 Å². The Hall–Kier alpha value is -2.15. The molecule has 7 nitrogen and oxygen atoms in total. The van der Waals surface area contributed by atoms with Crippen molar-refractivity contribution in [2.24, 2.45) is 0 Å². The van der Waals surface area contributed by atoms with Gasteiger partial charge in [0.1, 0.15) is 5.02 Å². The molecule has 0 bridgehead atoms. The van der Waals surface area contributed by atoms with E-state index in [1.807, 2.05) is 0 Å². The quantitative estimate of drug-likeness (QED) is 0.510. The van der Waals surface area contributed by atoms with Gasteiger partial charge in [0.05, 0.1) is 10.5 Å². The van der Waals surface area contributed by atoms with Gasteiger partial charge in [-0.05, 0) is 31.9 Å². The zero-order chi connectivity index (χ0) is 15.6. The number of amides is 1. The van der Waals surface area contributed by atoms with Gasteiger partial charge in [0.15, 0.2) is 6.10 Å². The van der Waals surface area contributed by atoms with Crippen LogP contribution in [0.3, 0.4) is 0 Å². The van der Waals surface area contributed by atoms with E-state index in [1.54, 1.807) is 0 Å². The van der Waals surface area contributed by atoms with Gasteiger partial charge in [-0.1, -0.05) is 11.6 Å². The highest BCUT2D eigenvalue weighted by molar-refractivity contribution is 6.32. The number of rotatable bonds is 5. The number of hydrogen-bond acceptors (Lipinski definition) is 5. The third-order valence-electron chi connectivity index (χ3n) is 2.96. The summed E-state index contributed by atoms with van der Waals surface area (Å²) in [6, 6.07) is 3.74. The third kappa shape index (κ3) is 3.91. The molecule has 8 heteroatoms. The molecule has 0 unspecified atom stereocenters. The maximum atomic E-state index is 11.9. The summed E-state index contributed by atoms with van der Waals surface area (Å²) in [5.74, 6) is -1.19. The first-order valence-corrected chi connectivity index (χ1v) is 6.71. The summed E-state index contributed by atoms with van der Waals surface area (Å²) in [4.78, 5) is 33.6. The minimum absolute atomic E-state index is 0.0304. The molecule has 1 amide bonds. The van der Waals surface area contributed by atoms with E-state index in [4.69, 9.17) is 16.3 Å². The van der Waals surface area contributed by atoms with Crippen LogP contribution in [0, 0.1) is 10.1 Å². The monoisotopic (exact) mass is 312 g/mol. The smallest absolute Gasteiger partial charge is 0.339 e. The number of nitrogens with one attached hydrogen (secondary N) is 1. The molecule has 1 N–H and O–H groups in total. The lowest BCUT2D eigenvalue weighted by Gasteiger charge is -2.13. The molecule has 112 valence electrons. The summed E-state index contributed by atoms with van der Waals surface area (Å²) in [5, 5.41) is 13.4. The summed E-state index contributed by atoms with van der Waals surface area (Å²) >= 11 is 5.66. The lowest BCUT2D eigenvalue weighted by molar-refractivity contribution is -0.384. The Kier molecular flexibility index (Phi) is 4.42. The van der Waals surface area contributed by atoms with Crippen LogP contribution in [-0.2, 0) is 9.53 Å². The number of esters is 1. The Morgan fingerprint density at radius 3 is 2.71 bits per heavy atom. The lowest BCUT2D eigenvalue weighted by Crippen LogP contribution is -2.37. The Labute approximate surface area is 125 Å². The molecule has 1 saturated carbocycles. The molecule has 2 rings (SSSR count). The van der Waals surface area contributed by atoms with Crippen LogP contribution in [0.1, 0.15) is 30.1 Å². The van der Waals surface area contributed by atoms with E-state index >= 15 is 0 Å². The maximum absolute atomic E-state index is 11.9. The first-order valence-electron chi connectivity index (χ1n) is 6.34. The summed E-state index contributed by atoms with van der Waals surface area (Å²) < 4.78 is 4.98. The Morgan fingerprint density at radius 1 is 1.48 bits per heavy atom. The highest BCUT2D eigenvalue weighted by atomic mass is 35.5. The summed E-state index contributed by atoms with van der Waals surface area (Å²) in [7, 11) is 0. The molecule has 1 aromatic rings. The fourth-order valence-corrected chi connectivity index (χ4v) is 1.79. The van der Waals surface area contributed by atoms with Crippen LogP contribution >= 0.6 is 11.6 Å². The average Bonchev–Trinajstić information content (AvgIpc) is 3.22. The van der Waals surface area contributed by atoms with Gasteiger partial charge in [-0.25, -0.2) is 4.79 Å². The number of ether oxygens (including phenoxy) is 1. The molecule has 1 fully saturated rings. The van der Waals surface area contributed by atoms with Gasteiger partial charge < -0.3 is 10.1 Å². The number of benzene rings is 1. The normalized spacial score (nSPS) is 15.1. The molecule has 0 saturated heterocycles. The van der Waals surface area contributed by atoms with Crippen LogP contribution in [0.25, 0.3) is 0 Å². The average molecular weight is 313 g/mol. The number of nitrogens with zero attached hydrogens (tertiary/aromatic N) is 1. The van der Waals surface area contributed by atoms with Gasteiger partial charge in [0.25, 0.3) is 11.6 Å². The van der Waals surface area contributed by atoms with Crippen LogP contribution in [0.4, 0.5) is 5.69 Å². The van der Waals surface area contributed by atoms with Crippen molar-refractivity contribution in [1.82, 2.24) is 5.32 Å². The van der Waals surface area contributed by atoms with E-state index in [9.17, 15) is 19.7 Å². The molecule has 0 heterocycles. The fourth-order valence-electron chi connectivity index (χ4n) is 1.61. The maximum Gasteiger partial charge on any atom is 0.339 e. The van der Waals surface area contributed by atoms with E-state index in [2.05, 4.69) is 5.32 Å². The number of carbonyl (C=O) groups is 2. The van der Waals surface area contributed by atoms with Crippen molar-refractivity contribution in [3.05, 3.63) is 38.9 Å². The largest absolute Gasteiger partial charge is 0.449 e. The van der Waals surface area contributed by atoms with Gasteiger partial charge in [-0.15, -0.1) is 0 Å². The van der Waals surface area contributed by atoms with Gasteiger partial charge in [-0.2, -0.15) is 0 Å². The Balaban J connectivity index is 2.03. The zero-order valence-electron chi connectivity index (χ0n) is 11.2. The third-order valence-corrected chi connectivity index (χ3v) is 3.27. The minimum Gasteiger partial charge on any atom is -0.449 e. The van der Waals surface area contributed by atoms with Crippen LogP contribution in [0.15, 0.2) is 18.2 Å². The molecule has 0 aromatic heterocycles. The topological polar surface area (TPSA) is 98.5 Å². The van der Waals surface area contributed by atoms with Crippen LogP contribution in [0.2, 0.25) is 5.02 Å². The number of nitro groups is 1. The molecule has 1 aromatic carbocycles. The highest BCUT2D eigenvalue weighted by Crippen LogP contribution is 2.25. The van der Waals surface area contributed by atoms with Crippen LogP contribution in [0.5, 0.6) is 0 Å². The first kappa shape index (κ1) is 15.2. The molecule has 0 spiro atoms. The first-order chi connectivity index (χ1) is 9.88. The summed E-state index contributed by atoms with van der Waals surface area (Å²) in [6.45, 7) is 1.44. The lowest BCUT2D eigenvalue weighted by atomic mass is 10.2. The number of nitro benzene ring substituents is 1. The van der Waals surface area contributed by atoms with E-state index in [-0.39, 0.29) is 28.2 Å². The van der Waals surface area contributed by atoms with Crippen molar-refractivity contribution in [2.75, 3.05) is 0 Å². The molecule has 1 aliphatic rings. The number of halogens is 1. The standard InChI is InChI=1S/C13H13ClN2O5/c1-7(12(17)15-9-3-4-9)21-13(18)8-2-5-10(14)11(6-8)16(19)20/h2,5-7,9H,3-4H2,1H3,(H,15,17)/t7-/m0/s1. The number of carbonyl (C=O) groups excluding carboxylic acids is 2. The van der Waals surface area contributed by atoms with Gasteiger partial charge in [0, 0.05) is 12.1 Å². The number of hydrogen-bond donors (Lipinski definition) is 1.